The molecule has 7 heteroatoms. The van der Waals surface area contributed by atoms with E-state index in [0.717, 1.165) is 60.7 Å². The number of amides is 1. The normalized spacial score (nSPS) is 20.9. The van der Waals surface area contributed by atoms with Crippen molar-refractivity contribution in [3.8, 4) is 0 Å². The Hall–Kier alpha value is -2.31. The molecule has 1 fully saturated rings. The number of H-pyrrole nitrogens is 1. The minimum atomic E-state index is -0.899. The van der Waals surface area contributed by atoms with Gasteiger partial charge in [0.05, 0.1) is 11.7 Å². The lowest BCUT2D eigenvalue weighted by Gasteiger charge is -2.21. The Morgan fingerprint density at radius 3 is 2.74 bits per heavy atom. The van der Waals surface area contributed by atoms with E-state index in [1.165, 1.54) is 4.90 Å². The lowest BCUT2D eigenvalue weighted by Crippen LogP contribution is -2.29. The van der Waals surface area contributed by atoms with Crippen LogP contribution in [0.3, 0.4) is 0 Å². The summed E-state index contributed by atoms with van der Waals surface area (Å²) in [5, 5.41) is 15.0. The molecule has 1 amide bonds. The molecule has 2 aromatic rings. The van der Waals surface area contributed by atoms with Crippen molar-refractivity contribution in [2.24, 2.45) is 7.05 Å². The number of likely N-dealkylation sites (tertiary alicyclic amines) is 1. The molecule has 1 aliphatic heterocycles. The maximum atomic E-state index is 12.3. The fourth-order valence-corrected chi connectivity index (χ4v) is 4.11. The van der Waals surface area contributed by atoms with Crippen molar-refractivity contribution in [1.29, 1.82) is 0 Å². The van der Waals surface area contributed by atoms with Crippen LogP contribution in [0.25, 0.3) is 11.0 Å². The van der Waals surface area contributed by atoms with Crippen LogP contribution in [0.5, 0.6) is 0 Å². The molecule has 1 aliphatic carbocycles. The third-order valence-corrected chi connectivity index (χ3v) is 5.16. The van der Waals surface area contributed by atoms with Crippen molar-refractivity contribution < 1.29 is 9.90 Å². The quantitative estimate of drug-likeness (QED) is 0.841. The summed E-state index contributed by atoms with van der Waals surface area (Å²) in [4.78, 5) is 28.3. The van der Waals surface area contributed by atoms with E-state index in [4.69, 9.17) is 0 Å². The highest BCUT2D eigenvalue weighted by molar-refractivity contribution is 5.84. The lowest BCUT2D eigenvalue weighted by molar-refractivity contribution is 0.139. The molecule has 0 saturated carbocycles. The predicted molar refractivity (Wildman–Crippen MR) is 84.7 cm³/mol. The Kier molecular flexibility index (Phi) is 3.18. The third kappa shape index (κ3) is 2.06. The molecule has 4 rings (SSSR count). The fourth-order valence-electron chi connectivity index (χ4n) is 4.11. The first kappa shape index (κ1) is 14.3. The predicted octanol–water partition coefficient (Wildman–Crippen LogP) is 1.96. The number of aromatic nitrogens is 3. The zero-order chi connectivity index (χ0) is 16.1. The van der Waals surface area contributed by atoms with Gasteiger partial charge in [-0.1, -0.05) is 0 Å². The highest BCUT2D eigenvalue weighted by atomic mass is 16.4. The van der Waals surface area contributed by atoms with Gasteiger partial charge in [-0.25, -0.2) is 4.79 Å². The van der Waals surface area contributed by atoms with Crippen molar-refractivity contribution >= 4 is 17.1 Å². The average molecular weight is 316 g/mol. The van der Waals surface area contributed by atoms with Gasteiger partial charge in [-0.3, -0.25) is 14.4 Å². The number of nitrogens with zero attached hydrogens (tertiary/aromatic N) is 3. The van der Waals surface area contributed by atoms with Crippen molar-refractivity contribution in [2.75, 3.05) is 6.54 Å². The van der Waals surface area contributed by atoms with Crippen LogP contribution in [0.2, 0.25) is 0 Å². The Balaban J connectivity index is 1.97. The Labute approximate surface area is 132 Å². The monoisotopic (exact) mass is 316 g/mol. The molecule has 0 aromatic carbocycles. The molecule has 122 valence electrons. The van der Waals surface area contributed by atoms with Crippen molar-refractivity contribution in [2.45, 2.75) is 44.6 Å². The van der Waals surface area contributed by atoms with Crippen molar-refractivity contribution in [1.82, 2.24) is 19.7 Å². The molecular weight excluding hydrogens is 296 g/mol. The molecule has 0 radical (unpaired) electrons. The lowest BCUT2D eigenvalue weighted by atomic mass is 9.89. The van der Waals surface area contributed by atoms with E-state index < -0.39 is 6.09 Å². The summed E-state index contributed by atoms with van der Waals surface area (Å²) in [7, 11) is 1.80. The molecule has 0 unspecified atom stereocenters. The van der Waals surface area contributed by atoms with Gasteiger partial charge in [0.25, 0.3) is 5.56 Å². The first-order chi connectivity index (χ1) is 11.1. The first-order valence-electron chi connectivity index (χ1n) is 8.18. The van der Waals surface area contributed by atoms with E-state index in [-0.39, 0.29) is 11.6 Å². The molecule has 0 spiro atoms. The number of hydrogen-bond donors (Lipinski definition) is 2. The standard InChI is InChI=1S/C16H20N4O3/c1-19-14-12(9-5-2-3-6-10(9)15(21)17-14)13(18-19)11-7-4-8-20(11)16(22)23/h11H,2-8H2,1H3,(H,17,21)(H,22,23)/t11-/m1/s1. The van der Waals surface area contributed by atoms with Gasteiger partial charge in [-0.2, -0.15) is 5.10 Å². The van der Waals surface area contributed by atoms with Gasteiger partial charge < -0.3 is 10.1 Å². The highest BCUT2D eigenvalue weighted by Gasteiger charge is 2.34. The summed E-state index contributed by atoms with van der Waals surface area (Å²) >= 11 is 0. The Bertz CT molecular complexity index is 851. The van der Waals surface area contributed by atoms with Gasteiger partial charge in [0.2, 0.25) is 0 Å². The number of pyridine rings is 1. The number of carboxylic acid groups (broad SMARTS) is 1. The van der Waals surface area contributed by atoms with Crippen LogP contribution in [0.15, 0.2) is 4.79 Å². The van der Waals surface area contributed by atoms with E-state index >= 15 is 0 Å². The van der Waals surface area contributed by atoms with E-state index in [0.29, 0.717) is 12.2 Å². The Morgan fingerprint density at radius 1 is 1.26 bits per heavy atom. The minimum Gasteiger partial charge on any atom is -0.465 e. The summed E-state index contributed by atoms with van der Waals surface area (Å²) < 4.78 is 1.68. The second-order valence-corrected chi connectivity index (χ2v) is 6.48. The molecule has 7 nitrogen and oxygen atoms in total. The topological polar surface area (TPSA) is 91.2 Å². The second kappa shape index (κ2) is 5.11. The molecule has 23 heavy (non-hydrogen) atoms. The molecule has 3 heterocycles. The maximum Gasteiger partial charge on any atom is 0.407 e. The number of aromatic amines is 1. The van der Waals surface area contributed by atoms with Crippen LogP contribution < -0.4 is 5.56 Å². The summed E-state index contributed by atoms with van der Waals surface area (Å²) in [5.41, 5.74) is 3.43. The summed E-state index contributed by atoms with van der Waals surface area (Å²) in [6.45, 7) is 0.545. The number of nitrogens with one attached hydrogen (secondary N) is 1. The molecule has 1 atom stereocenters. The summed E-state index contributed by atoms with van der Waals surface area (Å²) in [6, 6.07) is -0.215. The summed E-state index contributed by atoms with van der Waals surface area (Å²) in [5.74, 6) is 0. The fraction of sp³-hybridized carbons (Fsp3) is 0.562. The molecule has 2 N–H and O–H groups in total. The number of rotatable bonds is 1. The van der Waals surface area contributed by atoms with Crippen molar-refractivity contribution in [3.05, 3.63) is 27.2 Å². The molecular formula is C16H20N4O3. The molecule has 2 aromatic heterocycles. The van der Waals surface area contributed by atoms with Gasteiger partial charge in [0.15, 0.2) is 0 Å². The number of carbonyl (C=O) groups is 1. The van der Waals surface area contributed by atoms with Gasteiger partial charge in [0.1, 0.15) is 5.65 Å². The molecule has 2 aliphatic rings. The number of fused-ring (bicyclic) bond motifs is 3. The van der Waals surface area contributed by atoms with E-state index in [9.17, 15) is 14.7 Å². The third-order valence-electron chi connectivity index (χ3n) is 5.16. The number of aryl methyl sites for hydroxylation is 2. The number of hydrogen-bond acceptors (Lipinski definition) is 3. The van der Waals surface area contributed by atoms with E-state index in [2.05, 4.69) is 10.1 Å². The van der Waals surface area contributed by atoms with Crippen LogP contribution in [0, 0.1) is 0 Å². The minimum absolute atomic E-state index is 0.0248. The van der Waals surface area contributed by atoms with Crippen LogP contribution in [0.4, 0.5) is 4.79 Å². The molecule has 0 bridgehead atoms. The second-order valence-electron chi connectivity index (χ2n) is 6.48. The smallest absolute Gasteiger partial charge is 0.407 e. The molecule has 1 saturated heterocycles. The Morgan fingerprint density at radius 2 is 2.00 bits per heavy atom. The first-order valence-corrected chi connectivity index (χ1v) is 8.18. The SMILES string of the molecule is Cn1nc([C@H]2CCCN2C(=O)O)c2c3c(c(=O)[nH]c21)CCCC3. The van der Waals surface area contributed by atoms with Gasteiger partial charge in [-0.05, 0) is 44.1 Å². The summed E-state index contributed by atoms with van der Waals surface area (Å²) in [6.07, 6.45) is 4.49. The maximum absolute atomic E-state index is 12.3. The van der Waals surface area contributed by atoms with Crippen molar-refractivity contribution in [3.63, 3.8) is 0 Å². The van der Waals surface area contributed by atoms with Gasteiger partial charge in [-0.15, -0.1) is 0 Å². The van der Waals surface area contributed by atoms with Crippen LogP contribution >= 0.6 is 0 Å². The van der Waals surface area contributed by atoms with Gasteiger partial charge in [0, 0.05) is 24.5 Å². The zero-order valence-electron chi connectivity index (χ0n) is 13.1. The zero-order valence-corrected chi connectivity index (χ0v) is 13.1. The van der Waals surface area contributed by atoms with E-state index in [1.807, 2.05) is 0 Å². The van der Waals surface area contributed by atoms with E-state index in [1.54, 1.807) is 11.7 Å². The van der Waals surface area contributed by atoms with Crippen LogP contribution in [0.1, 0.15) is 48.5 Å². The van der Waals surface area contributed by atoms with Gasteiger partial charge >= 0.3 is 6.09 Å². The average Bonchev–Trinajstić information content (AvgIpc) is 3.13. The van der Waals surface area contributed by atoms with Crippen LogP contribution in [-0.2, 0) is 19.9 Å². The largest absolute Gasteiger partial charge is 0.465 e. The highest BCUT2D eigenvalue weighted by Crippen LogP contribution is 2.37. The van der Waals surface area contributed by atoms with Crippen LogP contribution in [-0.4, -0.2) is 37.4 Å².